The maximum Gasteiger partial charge on any atom is 0.271 e. The third kappa shape index (κ3) is 2.82. The number of carbonyl (C=O) groups excluding carboxylic acids is 2. The van der Waals surface area contributed by atoms with Gasteiger partial charge < -0.3 is 9.97 Å². The van der Waals surface area contributed by atoms with Gasteiger partial charge in [0.05, 0.1) is 12.0 Å². The molecule has 2 aromatic carbocycles. The van der Waals surface area contributed by atoms with Crippen LogP contribution in [-0.2, 0) is 11.2 Å². The first-order valence-electron chi connectivity index (χ1n) is 8.35. The van der Waals surface area contributed by atoms with Gasteiger partial charge in [-0.15, -0.1) is 0 Å². The van der Waals surface area contributed by atoms with Gasteiger partial charge in [-0.3, -0.25) is 20.4 Å². The topological polar surface area (TPSA) is 89.8 Å². The van der Waals surface area contributed by atoms with Crippen LogP contribution in [0.25, 0.3) is 21.8 Å². The van der Waals surface area contributed by atoms with E-state index in [1.54, 1.807) is 6.20 Å². The number of carbonyl (C=O) groups is 2. The molecule has 4 rings (SSSR count). The van der Waals surface area contributed by atoms with Crippen molar-refractivity contribution in [1.29, 1.82) is 0 Å². The first-order chi connectivity index (χ1) is 12.6. The smallest absolute Gasteiger partial charge is 0.271 e. The van der Waals surface area contributed by atoms with Crippen molar-refractivity contribution < 1.29 is 9.59 Å². The molecule has 4 N–H and O–H groups in total. The third-order valence-electron chi connectivity index (χ3n) is 4.51. The Morgan fingerprint density at radius 2 is 1.62 bits per heavy atom. The Bertz CT molecular complexity index is 1120. The van der Waals surface area contributed by atoms with Gasteiger partial charge in [-0.05, 0) is 24.6 Å². The maximum atomic E-state index is 12.4. The summed E-state index contributed by atoms with van der Waals surface area (Å²) in [6.45, 7) is 1.94. The lowest BCUT2D eigenvalue weighted by Gasteiger charge is -2.07. The Labute approximate surface area is 149 Å². The zero-order valence-corrected chi connectivity index (χ0v) is 14.2. The number of aromatic nitrogens is 2. The van der Waals surface area contributed by atoms with Gasteiger partial charge in [0.25, 0.3) is 5.91 Å². The predicted molar refractivity (Wildman–Crippen MR) is 101 cm³/mol. The van der Waals surface area contributed by atoms with Crippen LogP contribution >= 0.6 is 0 Å². The second-order valence-corrected chi connectivity index (χ2v) is 6.20. The highest BCUT2D eigenvalue weighted by molar-refractivity contribution is 6.07. The molecule has 26 heavy (non-hydrogen) atoms. The number of aryl methyl sites for hydroxylation is 1. The molecule has 0 radical (unpaired) electrons. The van der Waals surface area contributed by atoms with Crippen molar-refractivity contribution >= 4 is 33.6 Å². The molecule has 0 aliphatic rings. The van der Waals surface area contributed by atoms with Gasteiger partial charge in [0, 0.05) is 33.7 Å². The molecular formula is C20H18N4O2. The van der Waals surface area contributed by atoms with E-state index >= 15 is 0 Å². The molecule has 2 amide bonds. The highest BCUT2D eigenvalue weighted by Crippen LogP contribution is 2.22. The van der Waals surface area contributed by atoms with E-state index in [0.29, 0.717) is 5.56 Å². The second kappa shape index (κ2) is 6.40. The van der Waals surface area contributed by atoms with Gasteiger partial charge >= 0.3 is 0 Å². The summed E-state index contributed by atoms with van der Waals surface area (Å²) in [5.74, 6) is -0.627. The summed E-state index contributed by atoms with van der Waals surface area (Å²) in [7, 11) is 0. The van der Waals surface area contributed by atoms with Crippen molar-refractivity contribution in [2.24, 2.45) is 0 Å². The Kier molecular flexibility index (Phi) is 3.93. The van der Waals surface area contributed by atoms with Crippen LogP contribution in [0.2, 0.25) is 0 Å². The molecule has 0 aliphatic carbocycles. The molecule has 130 valence electrons. The molecule has 0 saturated carbocycles. The van der Waals surface area contributed by atoms with Crippen LogP contribution in [0.5, 0.6) is 0 Å². The number of aromatic amines is 2. The molecule has 0 aliphatic heterocycles. The molecule has 6 nitrogen and oxygen atoms in total. The fourth-order valence-electron chi connectivity index (χ4n) is 3.22. The molecule has 0 unspecified atom stereocenters. The monoisotopic (exact) mass is 346 g/mol. The standard InChI is InChI=1S/C20H18N4O2/c1-12-15(13-6-3-5-9-18(13)22-12)10-19(25)23-24-20(26)16-11-21-17-8-4-2-7-14(16)17/h2-9,11,21-22H,10H2,1H3,(H,23,25)(H,24,26). The van der Waals surface area contributed by atoms with E-state index < -0.39 is 0 Å². The summed E-state index contributed by atoms with van der Waals surface area (Å²) >= 11 is 0. The van der Waals surface area contributed by atoms with Gasteiger partial charge in [-0.1, -0.05) is 36.4 Å². The van der Waals surface area contributed by atoms with Crippen molar-refractivity contribution in [3.05, 3.63) is 71.5 Å². The first kappa shape index (κ1) is 16.0. The van der Waals surface area contributed by atoms with Gasteiger partial charge in [0.15, 0.2) is 0 Å². The minimum atomic E-state index is -0.355. The Hall–Kier alpha value is -3.54. The van der Waals surface area contributed by atoms with Crippen LogP contribution < -0.4 is 10.9 Å². The fraction of sp³-hybridized carbons (Fsp3) is 0.100. The fourth-order valence-corrected chi connectivity index (χ4v) is 3.22. The van der Waals surface area contributed by atoms with Crippen molar-refractivity contribution in [2.75, 3.05) is 0 Å². The molecule has 0 bridgehead atoms. The largest absolute Gasteiger partial charge is 0.360 e. The Morgan fingerprint density at radius 1 is 0.923 bits per heavy atom. The Balaban J connectivity index is 1.45. The lowest BCUT2D eigenvalue weighted by Crippen LogP contribution is -2.42. The average molecular weight is 346 g/mol. The van der Waals surface area contributed by atoms with Crippen molar-refractivity contribution in [2.45, 2.75) is 13.3 Å². The minimum Gasteiger partial charge on any atom is -0.360 e. The number of fused-ring (bicyclic) bond motifs is 2. The van der Waals surface area contributed by atoms with Gasteiger partial charge in [0.1, 0.15) is 0 Å². The number of benzene rings is 2. The van der Waals surface area contributed by atoms with Crippen LogP contribution in [0.3, 0.4) is 0 Å². The van der Waals surface area contributed by atoms with Gasteiger partial charge in [0.2, 0.25) is 5.91 Å². The second-order valence-electron chi connectivity index (χ2n) is 6.20. The highest BCUT2D eigenvalue weighted by Gasteiger charge is 2.15. The van der Waals surface area contributed by atoms with Crippen LogP contribution in [0.4, 0.5) is 0 Å². The predicted octanol–water partition coefficient (Wildman–Crippen LogP) is 2.96. The van der Waals surface area contributed by atoms with Crippen LogP contribution in [0, 0.1) is 6.92 Å². The van der Waals surface area contributed by atoms with E-state index in [4.69, 9.17) is 0 Å². The average Bonchev–Trinajstić information content (AvgIpc) is 3.21. The number of para-hydroxylation sites is 2. The van der Waals surface area contributed by atoms with Crippen LogP contribution in [-0.4, -0.2) is 21.8 Å². The van der Waals surface area contributed by atoms with E-state index in [1.165, 1.54) is 0 Å². The molecule has 4 aromatic rings. The third-order valence-corrected chi connectivity index (χ3v) is 4.51. The number of rotatable bonds is 3. The number of hydrazine groups is 1. The molecule has 0 saturated heterocycles. The van der Waals surface area contributed by atoms with E-state index in [-0.39, 0.29) is 18.2 Å². The van der Waals surface area contributed by atoms with Gasteiger partial charge in [-0.25, -0.2) is 0 Å². The number of hydrogen-bond donors (Lipinski definition) is 4. The summed E-state index contributed by atoms with van der Waals surface area (Å²) in [5, 5.41) is 1.83. The summed E-state index contributed by atoms with van der Waals surface area (Å²) in [5.41, 5.74) is 9.23. The molecule has 0 atom stereocenters. The molecule has 0 spiro atoms. The molecule has 0 fully saturated rings. The van der Waals surface area contributed by atoms with Crippen LogP contribution in [0.1, 0.15) is 21.6 Å². The normalized spacial score (nSPS) is 11.0. The van der Waals surface area contributed by atoms with Crippen LogP contribution in [0.15, 0.2) is 54.7 Å². The molecule has 6 heteroatoms. The summed E-state index contributed by atoms with van der Waals surface area (Å²) < 4.78 is 0. The SMILES string of the molecule is Cc1[nH]c2ccccc2c1CC(=O)NNC(=O)c1c[nH]c2ccccc12. The molecular weight excluding hydrogens is 328 g/mol. The van der Waals surface area contributed by atoms with Gasteiger partial charge in [-0.2, -0.15) is 0 Å². The minimum absolute atomic E-state index is 0.185. The first-order valence-corrected chi connectivity index (χ1v) is 8.35. The van der Waals surface area contributed by atoms with E-state index in [2.05, 4.69) is 20.8 Å². The van der Waals surface area contributed by atoms with E-state index in [1.807, 2.05) is 55.5 Å². The zero-order chi connectivity index (χ0) is 18.1. The lowest BCUT2D eigenvalue weighted by atomic mass is 10.1. The Morgan fingerprint density at radius 3 is 2.42 bits per heavy atom. The van der Waals surface area contributed by atoms with E-state index in [0.717, 1.165) is 33.1 Å². The van der Waals surface area contributed by atoms with Crippen molar-refractivity contribution in [3.63, 3.8) is 0 Å². The summed E-state index contributed by atoms with van der Waals surface area (Å²) in [4.78, 5) is 31.0. The number of nitrogens with one attached hydrogen (secondary N) is 4. The highest BCUT2D eigenvalue weighted by atomic mass is 16.2. The molecule has 2 aromatic heterocycles. The number of amides is 2. The summed E-state index contributed by atoms with van der Waals surface area (Å²) in [6.07, 6.45) is 1.82. The number of hydrogen-bond acceptors (Lipinski definition) is 2. The van der Waals surface area contributed by atoms with Crippen molar-refractivity contribution in [1.82, 2.24) is 20.8 Å². The van der Waals surface area contributed by atoms with E-state index in [9.17, 15) is 9.59 Å². The van der Waals surface area contributed by atoms with Crippen molar-refractivity contribution in [3.8, 4) is 0 Å². The number of H-pyrrole nitrogens is 2. The zero-order valence-electron chi connectivity index (χ0n) is 14.2. The summed E-state index contributed by atoms with van der Waals surface area (Å²) in [6, 6.07) is 15.4. The maximum absolute atomic E-state index is 12.4. The quantitative estimate of drug-likeness (QED) is 0.430. The molecule has 2 heterocycles. The lowest BCUT2D eigenvalue weighted by molar-refractivity contribution is -0.121.